The van der Waals surface area contributed by atoms with Crippen LogP contribution in [-0.4, -0.2) is 105 Å². The van der Waals surface area contributed by atoms with E-state index >= 15 is 0 Å². The Morgan fingerprint density at radius 1 is 0.342 bits per heavy atom. The van der Waals surface area contributed by atoms with Gasteiger partial charge in [0, 0.05) is 53.7 Å². The number of aliphatic hydroxyl groups is 4. The predicted octanol–water partition coefficient (Wildman–Crippen LogP) is 19.4. The molecule has 4 heterocycles. The summed E-state index contributed by atoms with van der Waals surface area (Å²) in [6.45, 7) is 29.8. The fourth-order valence-electron chi connectivity index (χ4n) is 34.0. The number of aryl methyl sites for hydroxylation is 5. The molecule has 0 aliphatic heterocycles. The van der Waals surface area contributed by atoms with Gasteiger partial charge in [0.05, 0.1) is 53.1 Å². The van der Waals surface area contributed by atoms with Crippen LogP contribution in [0.2, 0.25) is 0 Å². The Hall–Kier alpha value is -4.64. The Kier molecular flexibility index (Phi) is 23.2. The van der Waals surface area contributed by atoms with Gasteiger partial charge in [-0.3, -0.25) is 37.9 Å². The van der Waals surface area contributed by atoms with Crippen molar-refractivity contribution < 1.29 is 39.6 Å². The molecule has 0 unspecified atom stereocenters. The van der Waals surface area contributed by atoms with Crippen molar-refractivity contribution in [2.45, 2.75) is 370 Å². The van der Waals surface area contributed by atoms with Gasteiger partial charge in [0.1, 0.15) is 13.1 Å². The third-order valence-corrected chi connectivity index (χ3v) is 39.3. The minimum absolute atomic E-state index is 0.182. The predicted molar refractivity (Wildman–Crippen MR) is 458 cm³/mol. The highest BCUT2D eigenvalue weighted by Gasteiger charge is 2.64. The monoisotopic (exact) mass is 1610 g/mol. The van der Waals surface area contributed by atoms with E-state index in [1.165, 1.54) is 154 Å². The van der Waals surface area contributed by atoms with Crippen LogP contribution < -0.4 is 0 Å². The van der Waals surface area contributed by atoms with Crippen LogP contribution in [0.4, 0.5) is 0 Å². The lowest BCUT2D eigenvalue weighted by molar-refractivity contribution is -0.133. The van der Waals surface area contributed by atoms with Crippen LogP contribution in [-0.2, 0) is 45.4 Å². The highest BCUT2D eigenvalue weighted by molar-refractivity contribution is 5.84. The number of carbonyl (C=O) groups is 4. The van der Waals surface area contributed by atoms with Gasteiger partial charge in [-0.25, -0.2) is 0 Å². The molecular weight excluding hydrogens is 1450 g/mol. The first-order chi connectivity index (χ1) is 55.5. The van der Waals surface area contributed by atoms with Crippen LogP contribution in [0.5, 0.6) is 0 Å². The first-order valence-electron chi connectivity index (χ1n) is 48.5. The Balaban J connectivity index is 0.000000112. The highest BCUT2D eigenvalue weighted by atomic mass is 16.3. The van der Waals surface area contributed by atoms with Gasteiger partial charge in [0.15, 0.2) is 23.1 Å². The molecule has 16 heteroatoms. The molecule has 0 amide bonds. The molecule has 0 aromatic carbocycles. The van der Waals surface area contributed by atoms with Crippen LogP contribution in [0, 0.1) is 198 Å². The maximum atomic E-state index is 13.4. The Morgan fingerprint density at radius 2 is 0.675 bits per heavy atom. The molecular formula is C101H154N8O8. The maximum Gasteiger partial charge on any atom is 0.157 e. The van der Waals surface area contributed by atoms with E-state index < -0.39 is 22.4 Å². The van der Waals surface area contributed by atoms with Crippen LogP contribution in [0.3, 0.4) is 0 Å². The third-order valence-electron chi connectivity index (χ3n) is 39.3. The summed E-state index contributed by atoms with van der Waals surface area (Å²) in [5, 5.41) is 60.0. The average molecular weight is 1610 g/mol. The summed E-state index contributed by atoms with van der Waals surface area (Å²) in [5.41, 5.74) is 4.27. The van der Waals surface area contributed by atoms with Gasteiger partial charge in [-0.15, -0.1) is 0 Å². The van der Waals surface area contributed by atoms with Gasteiger partial charge in [0.2, 0.25) is 0 Å². The average Bonchev–Trinajstić information content (AvgIpc) is 1.64. The van der Waals surface area contributed by atoms with Gasteiger partial charge in [-0.05, 0) is 457 Å². The van der Waals surface area contributed by atoms with Crippen molar-refractivity contribution in [3.05, 3.63) is 71.3 Å². The van der Waals surface area contributed by atoms with Crippen molar-refractivity contribution in [3.8, 4) is 0 Å². The number of Topliss-reactive ketones (excluding diaryl/α,β-unsaturated/α-hetero) is 4. The molecule has 646 valence electrons. The van der Waals surface area contributed by atoms with Crippen molar-refractivity contribution in [1.29, 1.82) is 0 Å². The van der Waals surface area contributed by atoms with Gasteiger partial charge in [-0.1, -0.05) is 27.7 Å². The first-order valence-corrected chi connectivity index (χ1v) is 48.5. The standard InChI is InChI=1S/C26H40N2O2.3C25H38N2O2/c1-16-13-17(2)28(27-16)15-24(29)23-8-7-22-21-6-5-18-14-25(3,30)11-9-19(18)20(21)10-12-26(22,23)4;1-16-10-13-27(26-16)15-23(28)22-7-6-21-20-5-4-17-14-24(2,29)11-8-18(17)19(20)9-12-25(21,22)3;1-16-10-13-26-27(16)15-23(28)22-7-6-21-20-5-4-17-14-24(2,29)11-8-18(17)19(20)9-12-25(21,22)3;1-16-13-26-27(14-16)15-23(28)22-7-6-21-20-5-4-17-12-24(2,29)10-8-18(17)19(20)9-11-25(21,22)3/h13,18-23,30H,5-12,14-15H2,1-4H3;2*10,13,17-22,29H,4-9,11-12,14-15H2,1-3H3;13-14,17-22,29H,4-12,15H2,1-3H3/t18-,19+,20-,21-,22+,23-,25-,26+;3*17-,18+,19-,20-,21+,22-,24-,25+/m1111/s1. The molecule has 4 aromatic rings. The zero-order chi connectivity index (χ0) is 82.4. The summed E-state index contributed by atoms with van der Waals surface area (Å²) in [6.07, 6.45) is 50.1. The number of hydrogen-bond donors (Lipinski definition) is 4. The largest absolute Gasteiger partial charge is 0.390 e. The number of carbonyl (C=O) groups excluding carboxylic acids is 4. The van der Waals surface area contributed by atoms with Crippen molar-refractivity contribution in [2.24, 2.45) is 164 Å². The zero-order valence-electron chi connectivity index (χ0n) is 74.7. The summed E-state index contributed by atoms with van der Waals surface area (Å²) < 4.78 is 7.46. The quantitative estimate of drug-likeness (QED) is 0.104. The van der Waals surface area contributed by atoms with Gasteiger partial charge >= 0.3 is 0 Å². The van der Waals surface area contributed by atoms with E-state index in [2.05, 4.69) is 61.1 Å². The van der Waals surface area contributed by atoms with Crippen LogP contribution in [0.25, 0.3) is 0 Å². The molecule has 20 rings (SSSR count). The maximum absolute atomic E-state index is 13.4. The van der Waals surface area contributed by atoms with E-state index in [-0.39, 0.29) is 45.3 Å². The fourth-order valence-corrected chi connectivity index (χ4v) is 34.0. The van der Waals surface area contributed by atoms with E-state index in [1.54, 1.807) is 6.20 Å². The minimum atomic E-state index is -0.439. The Bertz CT molecular complexity index is 4100. The second-order valence-corrected chi connectivity index (χ2v) is 46.3. The van der Waals surface area contributed by atoms with E-state index in [0.717, 1.165) is 218 Å². The van der Waals surface area contributed by atoms with Crippen molar-refractivity contribution >= 4 is 23.1 Å². The molecule has 0 bridgehead atoms. The summed E-state index contributed by atoms with van der Waals surface area (Å²) in [6, 6.07) is 6.03. The molecule has 16 fully saturated rings. The van der Waals surface area contributed by atoms with Crippen molar-refractivity contribution in [1.82, 2.24) is 39.1 Å². The molecule has 16 aliphatic carbocycles. The van der Waals surface area contributed by atoms with Crippen LogP contribution in [0.15, 0.2) is 43.0 Å². The molecule has 0 radical (unpaired) electrons. The normalized spacial score (nSPS) is 46.3. The van der Waals surface area contributed by atoms with E-state index in [4.69, 9.17) is 0 Å². The molecule has 0 saturated heterocycles. The van der Waals surface area contributed by atoms with Crippen molar-refractivity contribution in [3.63, 3.8) is 0 Å². The zero-order valence-corrected chi connectivity index (χ0v) is 74.7. The SMILES string of the molecule is Cc1cc(C)n(CC(=O)[C@H]2CC[C@H]3[C@@H]4CC[C@@H]5C[C@](C)(O)CC[C@@H]5[C@H]4CC[C@]23C)n1.Cc1ccn(CC(=O)[C@H]2CC[C@H]3[C@@H]4CC[C@@H]5C[C@](C)(O)CC[C@@H]5[C@H]4CC[C@]23C)n1.Cc1ccnn1CC(=O)[C@H]1CC[C@H]2[C@@H]3CC[C@@H]4C[C@](C)(O)CC[C@@H]4[C@H]3CC[C@]12C.Cc1cnn(CC(=O)[C@H]2CC[C@H]3[C@@H]4CC[C@@H]5C[C@](C)(O)CC[C@@H]5[C@H]4CC[C@]23C)c1. The van der Waals surface area contributed by atoms with Crippen LogP contribution in [0.1, 0.15) is 315 Å². The van der Waals surface area contributed by atoms with Crippen molar-refractivity contribution in [2.75, 3.05) is 0 Å². The topological polar surface area (TPSA) is 220 Å². The number of nitrogens with zero attached hydrogens (tertiary/aromatic N) is 8. The molecule has 0 spiro atoms. The Morgan fingerprint density at radius 3 is 0.974 bits per heavy atom. The van der Waals surface area contributed by atoms with Gasteiger partial charge in [-0.2, -0.15) is 20.4 Å². The summed E-state index contributed by atoms with van der Waals surface area (Å²) in [5.74, 6) is 18.1. The van der Waals surface area contributed by atoms with Crippen LogP contribution >= 0.6 is 0 Å². The second kappa shape index (κ2) is 32.2. The number of ketones is 4. The first kappa shape index (κ1) is 84.6. The Labute approximate surface area is 702 Å². The molecule has 32 atom stereocenters. The molecule has 16 nitrogen and oxygen atoms in total. The summed E-state index contributed by atoms with van der Waals surface area (Å²) in [7, 11) is 0. The fraction of sp³-hybridized carbons (Fsp3) is 0.842. The molecule has 16 aliphatic rings. The molecule has 16 saturated carbocycles. The summed E-state index contributed by atoms with van der Waals surface area (Å²) >= 11 is 0. The lowest BCUT2D eigenvalue weighted by Gasteiger charge is -2.56. The lowest BCUT2D eigenvalue weighted by atomic mass is 9.49. The molecule has 4 aromatic heterocycles. The second-order valence-electron chi connectivity index (χ2n) is 46.3. The molecule has 4 N–H and O–H groups in total. The van der Waals surface area contributed by atoms with E-state index in [9.17, 15) is 39.6 Å². The van der Waals surface area contributed by atoms with Gasteiger partial charge in [0.25, 0.3) is 0 Å². The number of aromatic nitrogens is 8. The summed E-state index contributed by atoms with van der Waals surface area (Å²) in [4.78, 5) is 53.2. The number of fused-ring (bicyclic) bond motifs is 20. The number of hydrogen-bond acceptors (Lipinski definition) is 12. The lowest BCUT2D eigenvalue weighted by Crippen LogP contribution is -2.51. The number of rotatable bonds is 12. The van der Waals surface area contributed by atoms with E-state index in [1.807, 2.05) is 105 Å². The van der Waals surface area contributed by atoms with Gasteiger partial charge < -0.3 is 20.4 Å². The smallest absolute Gasteiger partial charge is 0.157 e. The third kappa shape index (κ3) is 16.1. The molecule has 117 heavy (non-hydrogen) atoms. The minimum Gasteiger partial charge on any atom is -0.390 e. The highest BCUT2D eigenvalue weighted by Crippen LogP contribution is 2.70. The van der Waals surface area contributed by atoms with E-state index in [0.29, 0.717) is 55.2 Å².